The van der Waals surface area contributed by atoms with Gasteiger partial charge in [-0.2, -0.15) is 0 Å². The van der Waals surface area contributed by atoms with Crippen molar-refractivity contribution in [1.29, 1.82) is 0 Å². The Morgan fingerprint density at radius 2 is 1.57 bits per heavy atom. The molecular weight excluding hydrogens is 344 g/mol. The van der Waals surface area contributed by atoms with Crippen LogP contribution >= 0.6 is 34.8 Å². The highest BCUT2D eigenvalue weighted by Gasteiger charge is 2.12. The van der Waals surface area contributed by atoms with E-state index in [1.165, 1.54) is 12.1 Å². The van der Waals surface area contributed by atoms with Crippen molar-refractivity contribution in [1.82, 2.24) is 10.6 Å². The standard InChI is InChI=1S/C11H10Cl3N3O4/c12-5-1-6(13)10(7(14)2-5)17-11(21)16-3-8(18)15-4-9(19)20/h1-2H,3-4H2,(H,15,18)(H,19,20)(H2,16,17,21). The maximum Gasteiger partial charge on any atom is 0.322 e. The summed E-state index contributed by atoms with van der Waals surface area (Å²) in [6, 6.07) is 2.06. The molecule has 1 rings (SSSR count). The quantitative estimate of drug-likeness (QED) is 0.648. The number of rotatable bonds is 5. The number of halogens is 3. The normalized spacial score (nSPS) is 9.86. The topological polar surface area (TPSA) is 108 Å². The van der Waals surface area contributed by atoms with Gasteiger partial charge in [0, 0.05) is 5.02 Å². The molecule has 3 amide bonds. The Morgan fingerprint density at radius 3 is 2.10 bits per heavy atom. The summed E-state index contributed by atoms with van der Waals surface area (Å²) in [5.41, 5.74) is 0.145. The van der Waals surface area contributed by atoms with E-state index in [0.29, 0.717) is 5.02 Å². The Kier molecular flexibility index (Phi) is 6.54. The molecule has 0 atom stereocenters. The van der Waals surface area contributed by atoms with Gasteiger partial charge in [0.1, 0.15) is 6.54 Å². The third-order valence-corrected chi connectivity index (χ3v) is 2.91. The van der Waals surface area contributed by atoms with Crippen LogP contribution in [0.15, 0.2) is 12.1 Å². The van der Waals surface area contributed by atoms with Gasteiger partial charge in [-0.25, -0.2) is 4.79 Å². The van der Waals surface area contributed by atoms with E-state index >= 15 is 0 Å². The van der Waals surface area contributed by atoms with E-state index in [1.807, 2.05) is 0 Å². The molecule has 7 nitrogen and oxygen atoms in total. The number of benzene rings is 1. The Labute approximate surface area is 134 Å². The fraction of sp³-hybridized carbons (Fsp3) is 0.182. The van der Waals surface area contributed by atoms with Crippen LogP contribution in [0.5, 0.6) is 0 Å². The van der Waals surface area contributed by atoms with Crippen LogP contribution in [0.2, 0.25) is 15.1 Å². The molecule has 10 heteroatoms. The summed E-state index contributed by atoms with van der Waals surface area (Å²) in [4.78, 5) is 33.0. The van der Waals surface area contributed by atoms with Crippen LogP contribution in [0.4, 0.5) is 10.5 Å². The fourth-order valence-electron chi connectivity index (χ4n) is 1.22. The van der Waals surface area contributed by atoms with Crippen molar-refractivity contribution in [3.63, 3.8) is 0 Å². The summed E-state index contributed by atoms with van der Waals surface area (Å²) >= 11 is 17.5. The highest BCUT2D eigenvalue weighted by molar-refractivity contribution is 6.42. The monoisotopic (exact) mass is 353 g/mol. The third-order valence-electron chi connectivity index (χ3n) is 2.09. The van der Waals surface area contributed by atoms with Crippen LogP contribution in [0.25, 0.3) is 0 Å². The minimum absolute atomic E-state index is 0.137. The van der Waals surface area contributed by atoms with Crippen LogP contribution < -0.4 is 16.0 Å². The van der Waals surface area contributed by atoms with Gasteiger partial charge in [-0.1, -0.05) is 34.8 Å². The third kappa shape index (κ3) is 6.07. The van der Waals surface area contributed by atoms with Crippen molar-refractivity contribution in [2.24, 2.45) is 0 Å². The first kappa shape index (κ1) is 17.4. The summed E-state index contributed by atoms with van der Waals surface area (Å²) in [5, 5.41) is 15.6. The van der Waals surface area contributed by atoms with E-state index < -0.39 is 31.0 Å². The number of urea groups is 1. The molecule has 0 aliphatic carbocycles. The van der Waals surface area contributed by atoms with Gasteiger partial charge in [0.05, 0.1) is 22.3 Å². The number of aliphatic carboxylic acids is 1. The molecule has 4 N–H and O–H groups in total. The first-order valence-electron chi connectivity index (χ1n) is 5.47. The molecule has 0 saturated heterocycles. The number of anilines is 1. The molecule has 0 spiro atoms. The summed E-state index contributed by atoms with van der Waals surface area (Å²) in [7, 11) is 0. The zero-order valence-corrected chi connectivity index (χ0v) is 12.6. The van der Waals surface area contributed by atoms with E-state index in [-0.39, 0.29) is 15.7 Å². The predicted octanol–water partition coefficient (Wildman–Crippen LogP) is 1.97. The predicted molar refractivity (Wildman–Crippen MR) is 79.1 cm³/mol. The Hall–Kier alpha value is -1.70. The Bertz CT molecular complexity index is 557. The fourth-order valence-corrected chi connectivity index (χ4v) is 2.13. The second kappa shape index (κ2) is 7.92. The van der Waals surface area contributed by atoms with Crippen molar-refractivity contribution in [3.05, 3.63) is 27.2 Å². The molecule has 0 fully saturated rings. The average Bonchev–Trinajstić information content (AvgIpc) is 2.38. The highest BCUT2D eigenvalue weighted by Crippen LogP contribution is 2.33. The van der Waals surface area contributed by atoms with Crippen molar-refractivity contribution < 1.29 is 19.5 Å². The van der Waals surface area contributed by atoms with Gasteiger partial charge in [-0.3, -0.25) is 9.59 Å². The van der Waals surface area contributed by atoms with Crippen LogP contribution in [0.3, 0.4) is 0 Å². The van der Waals surface area contributed by atoms with E-state index in [4.69, 9.17) is 39.9 Å². The number of amides is 3. The Balaban J connectivity index is 2.51. The number of carbonyl (C=O) groups excluding carboxylic acids is 2. The molecule has 0 aromatic heterocycles. The number of hydrogen-bond acceptors (Lipinski definition) is 3. The van der Waals surface area contributed by atoms with Crippen molar-refractivity contribution in [2.75, 3.05) is 18.4 Å². The van der Waals surface area contributed by atoms with E-state index in [9.17, 15) is 14.4 Å². The van der Waals surface area contributed by atoms with Crippen molar-refractivity contribution in [2.45, 2.75) is 0 Å². The molecular formula is C11H10Cl3N3O4. The molecule has 0 heterocycles. The first-order valence-corrected chi connectivity index (χ1v) is 6.61. The summed E-state index contributed by atoms with van der Waals surface area (Å²) in [6.45, 7) is -0.932. The van der Waals surface area contributed by atoms with E-state index in [0.717, 1.165) is 0 Å². The van der Waals surface area contributed by atoms with Gasteiger partial charge in [-0.05, 0) is 12.1 Å². The lowest BCUT2D eigenvalue weighted by Crippen LogP contribution is -2.40. The Morgan fingerprint density at radius 1 is 1.00 bits per heavy atom. The molecule has 0 unspecified atom stereocenters. The van der Waals surface area contributed by atoms with E-state index in [1.54, 1.807) is 0 Å². The molecule has 0 aliphatic heterocycles. The van der Waals surface area contributed by atoms with Gasteiger partial charge in [0.2, 0.25) is 5.91 Å². The maximum atomic E-state index is 11.6. The lowest BCUT2D eigenvalue weighted by Gasteiger charge is -2.11. The molecule has 0 saturated carbocycles. The molecule has 0 radical (unpaired) electrons. The second-order valence-corrected chi connectivity index (χ2v) is 4.97. The SMILES string of the molecule is O=C(O)CNC(=O)CNC(=O)Nc1c(Cl)cc(Cl)cc1Cl. The molecule has 0 aliphatic rings. The first-order chi connectivity index (χ1) is 9.79. The zero-order valence-electron chi connectivity index (χ0n) is 10.4. The van der Waals surface area contributed by atoms with Crippen LogP contribution in [-0.4, -0.2) is 36.1 Å². The lowest BCUT2D eigenvalue weighted by molar-refractivity contribution is -0.137. The van der Waals surface area contributed by atoms with Crippen LogP contribution in [0.1, 0.15) is 0 Å². The molecule has 1 aromatic carbocycles. The minimum atomic E-state index is -1.19. The smallest absolute Gasteiger partial charge is 0.322 e. The minimum Gasteiger partial charge on any atom is -0.480 e. The number of carboxylic acids is 1. The largest absolute Gasteiger partial charge is 0.480 e. The van der Waals surface area contributed by atoms with Gasteiger partial charge < -0.3 is 21.1 Å². The van der Waals surface area contributed by atoms with Crippen LogP contribution in [0, 0.1) is 0 Å². The van der Waals surface area contributed by atoms with Crippen molar-refractivity contribution in [3.8, 4) is 0 Å². The molecule has 0 bridgehead atoms. The number of carbonyl (C=O) groups is 3. The number of hydrogen-bond donors (Lipinski definition) is 4. The van der Waals surface area contributed by atoms with Gasteiger partial charge in [0.25, 0.3) is 0 Å². The van der Waals surface area contributed by atoms with Gasteiger partial charge >= 0.3 is 12.0 Å². The van der Waals surface area contributed by atoms with Crippen molar-refractivity contribution >= 4 is 58.4 Å². The van der Waals surface area contributed by atoms with Gasteiger partial charge in [0.15, 0.2) is 0 Å². The maximum absolute atomic E-state index is 11.6. The molecule has 21 heavy (non-hydrogen) atoms. The number of nitrogens with one attached hydrogen (secondary N) is 3. The summed E-state index contributed by atoms with van der Waals surface area (Å²) < 4.78 is 0. The average molecular weight is 355 g/mol. The number of carboxylic acid groups (broad SMARTS) is 1. The zero-order chi connectivity index (χ0) is 16.0. The molecule has 1 aromatic rings. The summed E-state index contributed by atoms with van der Waals surface area (Å²) in [5.74, 6) is -1.84. The van der Waals surface area contributed by atoms with Crippen LogP contribution in [-0.2, 0) is 9.59 Å². The lowest BCUT2D eigenvalue weighted by atomic mass is 10.3. The van der Waals surface area contributed by atoms with E-state index in [2.05, 4.69) is 16.0 Å². The summed E-state index contributed by atoms with van der Waals surface area (Å²) in [6.07, 6.45) is 0. The van der Waals surface area contributed by atoms with Gasteiger partial charge in [-0.15, -0.1) is 0 Å². The second-order valence-electron chi connectivity index (χ2n) is 3.72. The molecule has 114 valence electrons. The highest BCUT2D eigenvalue weighted by atomic mass is 35.5.